The molecular weight excluding hydrogens is 268 g/mol. The highest BCUT2D eigenvalue weighted by atomic mass is 32.1. The maximum Gasteiger partial charge on any atom is 0.0896 e. The lowest BCUT2D eigenvalue weighted by atomic mass is 10.0. The molecule has 3 aromatic heterocycles. The van der Waals surface area contributed by atoms with E-state index < -0.39 is 0 Å². The number of hydrogen-bond acceptors (Lipinski definition) is 4. The number of nitrogens with zero attached hydrogens (tertiary/aromatic N) is 3. The van der Waals surface area contributed by atoms with Crippen molar-refractivity contribution in [3.63, 3.8) is 0 Å². The molecule has 3 aromatic rings. The van der Waals surface area contributed by atoms with E-state index in [1.165, 1.54) is 16.0 Å². The number of nitrogens with one attached hydrogen (secondary N) is 1. The second kappa shape index (κ2) is 5.73. The van der Waals surface area contributed by atoms with E-state index >= 15 is 0 Å². The smallest absolute Gasteiger partial charge is 0.0896 e. The van der Waals surface area contributed by atoms with E-state index in [4.69, 9.17) is 0 Å². The zero-order chi connectivity index (χ0) is 13.9. The van der Waals surface area contributed by atoms with E-state index in [2.05, 4.69) is 40.7 Å². The van der Waals surface area contributed by atoms with E-state index in [0.29, 0.717) is 0 Å². The summed E-state index contributed by atoms with van der Waals surface area (Å²) in [4.78, 5) is 5.58. The molecule has 0 fully saturated rings. The van der Waals surface area contributed by atoms with Crippen LogP contribution in [0.4, 0.5) is 0 Å². The van der Waals surface area contributed by atoms with Crippen molar-refractivity contribution in [3.05, 3.63) is 52.2 Å². The van der Waals surface area contributed by atoms with Gasteiger partial charge < -0.3 is 5.32 Å². The molecule has 1 N–H and O–H groups in total. The fraction of sp³-hybridized carbons (Fsp3) is 0.333. The SMILES string of the molecule is CCCNC(c1ccsc1C)c1cnn2ccncc12. The zero-order valence-corrected chi connectivity index (χ0v) is 12.5. The lowest BCUT2D eigenvalue weighted by Gasteiger charge is -2.18. The minimum absolute atomic E-state index is 0.183. The van der Waals surface area contributed by atoms with Gasteiger partial charge in [0.2, 0.25) is 0 Å². The lowest BCUT2D eigenvalue weighted by Crippen LogP contribution is -2.23. The second-order valence-corrected chi connectivity index (χ2v) is 5.95. The molecule has 1 unspecified atom stereocenters. The summed E-state index contributed by atoms with van der Waals surface area (Å²) in [6.45, 7) is 5.34. The van der Waals surface area contributed by atoms with Crippen molar-refractivity contribution in [1.82, 2.24) is 19.9 Å². The average Bonchev–Trinajstić information content (AvgIpc) is 3.07. The van der Waals surface area contributed by atoms with Gasteiger partial charge in [-0.15, -0.1) is 11.3 Å². The van der Waals surface area contributed by atoms with Gasteiger partial charge in [0.15, 0.2) is 0 Å². The molecule has 3 rings (SSSR count). The summed E-state index contributed by atoms with van der Waals surface area (Å²) in [5.74, 6) is 0. The van der Waals surface area contributed by atoms with Gasteiger partial charge in [-0.05, 0) is 36.9 Å². The highest BCUT2D eigenvalue weighted by Gasteiger charge is 2.20. The first-order valence-corrected chi connectivity index (χ1v) is 7.74. The van der Waals surface area contributed by atoms with Crippen molar-refractivity contribution < 1.29 is 0 Å². The maximum atomic E-state index is 4.43. The second-order valence-electron chi connectivity index (χ2n) is 4.83. The first-order valence-electron chi connectivity index (χ1n) is 6.86. The Bertz CT molecular complexity index is 701. The number of rotatable bonds is 5. The van der Waals surface area contributed by atoms with E-state index in [-0.39, 0.29) is 6.04 Å². The van der Waals surface area contributed by atoms with Gasteiger partial charge in [0.05, 0.1) is 24.0 Å². The van der Waals surface area contributed by atoms with Crippen molar-refractivity contribution in [2.75, 3.05) is 6.54 Å². The molecule has 0 bridgehead atoms. The minimum Gasteiger partial charge on any atom is -0.306 e. The Morgan fingerprint density at radius 1 is 1.35 bits per heavy atom. The summed E-state index contributed by atoms with van der Waals surface area (Å²) in [5, 5.41) is 10.2. The van der Waals surface area contributed by atoms with Crippen molar-refractivity contribution >= 4 is 16.9 Å². The van der Waals surface area contributed by atoms with Crippen LogP contribution >= 0.6 is 11.3 Å². The molecule has 1 atom stereocenters. The molecule has 3 heterocycles. The van der Waals surface area contributed by atoms with E-state index in [0.717, 1.165) is 18.5 Å². The van der Waals surface area contributed by atoms with Crippen molar-refractivity contribution in [2.24, 2.45) is 0 Å². The molecule has 0 aliphatic heterocycles. The van der Waals surface area contributed by atoms with E-state index in [9.17, 15) is 0 Å². The monoisotopic (exact) mass is 286 g/mol. The van der Waals surface area contributed by atoms with Crippen LogP contribution in [0.2, 0.25) is 0 Å². The number of aromatic nitrogens is 3. The highest BCUT2D eigenvalue weighted by Crippen LogP contribution is 2.30. The minimum atomic E-state index is 0.183. The number of hydrogen-bond donors (Lipinski definition) is 1. The Balaban J connectivity index is 2.07. The first kappa shape index (κ1) is 13.3. The van der Waals surface area contributed by atoms with Gasteiger partial charge in [0, 0.05) is 22.8 Å². The fourth-order valence-electron chi connectivity index (χ4n) is 2.45. The summed E-state index contributed by atoms with van der Waals surface area (Å²) in [6, 6.07) is 2.38. The van der Waals surface area contributed by atoms with Gasteiger partial charge in [-0.1, -0.05) is 6.92 Å². The maximum absolute atomic E-state index is 4.43. The Hall–Kier alpha value is -1.72. The van der Waals surface area contributed by atoms with E-state index in [1.807, 2.05) is 23.1 Å². The van der Waals surface area contributed by atoms with Crippen LogP contribution in [0.25, 0.3) is 5.52 Å². The predicted octanol–water partition coefficient (Wildman–Crippen LogP) is 3.19. The third kappa shape index (κ3) is 2.34. The summed E-state index contributed by atoms with van der Waals surface area (Å²) < 4.78 is 1.88. The fourth-order valence-corrected chi connectivity index (χ4v) is 3.19. The molecule has 104 valence electrons. The molecule has 0 aliphatic carbocycles. The van der Waals surface area contributed by atoms with Gasteiger partial charge in [-0.25, -0.2) is 4.52 Å². The van der Waals surface area contributed by atoms with Crippen LogP contribution in [0, 0.1) is 6.92 Å². The van der Waals surface area contributed by atoms with Crippen molar-refractivity contribution in [1.29, 1.82) is 0 Å². The standard InChI is InChI=1S/C15H18N4S/c1-3-5-17-15(12-4-8-20-11(12)2)13-9-18-19-7-6-16-10-14(13)19/h4,6-10,15,17H,3,5H2,1-2H3. The molecule has 0 amide bonds. The molecule has 5 heteroatoms. The third-order valence-electron chi connectivity index (χ3n) is 3.47. The van der Waals surface area contributed by atoms with Crippen LogP contribution in [-0.4, -0.2) is 21.1 Å². The van der Waals surface area contributed by atoms with Crippen LogP contribution in [0.15, 0.2) is 36.2 Å². The Kier molecular flexibility index (Phi) is 3.80. The average molecular weight is 286 g/mol. The van der Waals surface area contributed by atoms with Crippen molar-refractivity contribution in [3.8, 4) is 0 Å². The van der Waals surface area contributed by atoms with Gasteiger partial charge in [-0.2, -0.15) is 5.10 Å². The lowest BCUT2D eigenvalue weighted by molar-refractivity contribution is 0.601. The van der Waals surface area contributed by atoms with Gasteiger partial charge in [0.1, 0.15) is 0 Å². The molecule has 0 radical (unpaired) electrons. The van der Waals surface area contributed by atoms with Crippen LogP contribution < -0.4 is 5.32 Å². The molecule has 0 saturated carbocycles. The molecule has 4 nitrogen and oxygen atoms in total. The highest BCUT2D eigenvalue weighted by molar-refractivity contribution is 7.10. The van der Waals surface area contributed by atoms with Gasteiger partial charge >= 0.3 is 0 Å². The molecular formula is C15H18N4S. The van der Waals surface area contributed by atoms with Crippen LogP contribution in [-0.2, 0) is 0 Å². The van der Waals surface area contributed by atoms with Crippen LogP contribution in [0.5, 0.6) is 0 Å². The summed E-state index contributed by atoms with van der Waals surface area (Å²) >= 11 is 1.79. The molecule has 0 aromatic carbocycles. The third-order valence-corrected chi connectivity index (χ3v) is 4.34. The Morgan fingerprint density at radius 2 is 2.25 bits per heavy atom. The summed E-state index contributed by atoms with van der Waals surface area (Å²) in [6.07, 6.45) is 8.58. The van der Waals surface area contributed by atoms with E-state index in [1.54, 1.807) is 17.5 Å². The summed E-state index contributed by atoms with van der Waals surface area (Å²) in [5.41, 5.74) is 3.59. The predicted molar refractivity (Wildman–Crippen MR) is 82.2 cm³/mol. The molecule has 0 saturated heterocycles. The molecule has 20 heavy (non-hydrogen) atoms. The summed E-state index contributed by atoms with van der Waals surface area (Å²) in [7, 11) is 0. The largest absolute Gasteiger partial charge is 0.306 e. The quantitative estimate of drug-likeness (QED) is 0.783. The normalized spacial score (nSPS) is 12.9. The number of thiophene rings is 1. The van der Waals surface area contributed by atoms with Crippen LogP contribution in [0.3, 0.4) is 0 Å². The first-order chi connectivity index (χ1) is 9.81. The molecule has 0 aliphatic rings. The Morgan fingerprint density at radius 3 is 3.00 bits per heavy atom. The van der Waals surface area contributed by atoms with Gasteiger partial charge in [-0.3, -0.25) is 4.98 Å². The van der Waals surface area contributed by atoms with Gasteiger partial charge in [0.25, 0.3) is 0 Å². The van der Waals surface area contributed by atoms with Crippen molar-refractivity contribution in [2.45, 2.75) is 26.3 Å². The number of aryl methyl sites for hydroxylation is 1. The van der Waals surface area contributed by atoms with Crippen LogP contribution in [0.1, 0.15) is 35.4 Å². The zero-order valence-electron chi connectivity index (χ0n) is 11.7. The number of fused-ring (bicyclic) bond motifs is 1. The Labute approximate surface area is 122 Å². The topological polar surface area (TPSA) is 42.2 Å². The molecule has 0 spiro atoms.